The van der Waals surface area contributed by atoms with Crippen LogP contribution in [0, 0.1) is 0 Å². The van der Waals surface area contributed by atoms with Crippen LogP contribution >= 0.6 is 0 Å². The van der Waals surface area contributed by atoms with Gasteiger partial charge >= 0.3 is 5.97 Å². The molecule has 0 aliphatic carbocycles. The summed E-state index contributed by atoms with van der Waals surface area (Å²) in [7, 11) is 0. The molecule has 0 saturated carbocycles. The summed E-state index contributed by atoms with van der Waals surface area (Å²) < 4.78 is 0. The normalized spacial score (nSPS) is 10.8. The van der Waals surface area contributed by atoms with Crippen molar-refractivity contribution in [1.82, 2.24) is 19.9 Å². The van der Waals surface area contributed by atoms with E-state index in [0.29, 0.717) is 12.1 Å². The molecule has 0 radical (unpaired) electrons. The molecule has 0 atom stereocenters. The Morgan fingerprint density at radius 2 is 2.31 bits per heavy atom. The summed E-state index contributed by atoms with van der Waals surface area (Å²) >= 11 is 0. The van der Waals surface area contributed by atoms with Gasteiger partial charge in [-0.05, 0) is 12.8 Å². The number of nitrogens with zero attached hydrogens (tertiary/aromatic N) is 3. The Bertz CT molecular complexity index is 461. The van der Waals surface area contributed by atoms with Crippen molar-refractivity contribution in [3.05, 3.63) is 18.3 Å². The predicted molar refractivity (Wildman–Crippen MR) is 56.9 cm³/mol. The number of hydrogen-bond donors (Lipinski definition) is 2. The molecule has 16 heavy (non-hydrogen) atoms. The number of aromatic amines is 1. The third-order valence-corrected chi connectivity index (χ3v) is 2.27. The van der Waals surface area contributed by atoms with Crippen LogP contribution in [0.25, 0.3) is 11.2 Å². The maximum Gasteiger partial charge on any atom is 0.303 e. The molecular formula is C10H12N4O2. The molecular weight excluding hydrogens is 208 g/mol. The Balaban J connectivity index is 1.92. The highest BCUT2D eigenvalue weighted by atomic mass is 16.4. The van der Waals surface area contributed by atoms with Gasteiger partial charge in [0.15, 0.2) is 5.65 Å². The molecule has 0 aromatic carbocycles. The van der Waals surface area contributed by atoms with Crippen LogP contribution in [0.4, 0.5) is 0 Å². The van der Waals surface area contributed by atoms with Gasteiger partial charge in [-0.25, -0.2) is 15.0 Å². The SMILES string of the molecule is O=C(O)CCCCc1nc2ncncc2[nH]1. The predicted octanol–water partition coefficient (Wildman–Crippen LogP) is 1.15. The van der Waals surface area contributed by atoms with E-state index in [2.05, 4.69) is 19.9 Å². The van der Waals surface area contributed by atoms with E-state index in [1.165, 1.54) is 6.33 Å². The van der Waals surface area contributed by atoms with Gasteiger partial charge in [0.25, 0.3) is 0 Å². The first-order valence-corrected chi connectivity index (χ1v) is 5.12. The van der Waals surface area contributed by atoms with E-state index in [-0.39, 0.29) is 6.42 Å². The second-order valence-electron chi connectivity index (χ2n) is 3.54. The van der Waals surface area contributed by atoms with E-state index in [0.717, 1.165) is 24.2 Å². The lowest BCUT2D eigenvalue weighted by atomic mass is 10.2. The summed E-state index contributed by atoms with van der Waals surface area (Å²) in [6.07, 6.45) is 5.55. The first-order valence-electron chi connectivity index (χ1n) is 5.12. The fraction of sp³-hybridized carbons (Fsp3) is 0.400. The molecule has 0 bridgehead atoms. The summed E-state index contributed by atoms with van der Waals surface area (Å²) in [5.74, 6) is 0.0800. The van der Waals surface area contributed by atoms with Crippen LogP contribution < -0.4 is 0 Å². The van der Waals surface area contributed by atoms with Gasteiger partial charge in [-0.15, -0.1) is 0 Å². The highest BCUT2D eigenvalue weighted by Crippen LogP contribution is 2.09. The van der Waals surface area contributed by atoms with Crippen LogP contribution in [0.15, 0.2) is 12.5 Å². The van der Waals surface area contributed by atoms with Crippen LogP contribution in [-0.2, 0) is 11.2 Å². The average Bonchev–Trinajstić information content (AvgIpc) is 2.66. The van der Waals surface area contributed by atoms with Gasteiger partial charge in [-0.1, -0.05) is 0 Å². The molecule has 2 aromatic rings. The number of hydrogen-bond acceptors (Lipinski definition) is 4. The number of carboxylic acids is 1. The van der Waals surface area contributed by atoms with Gasteiger partial charge in [-0.2, -0.15) is 0 Å². The number of unbranched alkanes of at least 4 members (excludes halogenated alkanes) is 1. The van der Waals surface area contributed by atoms with E-state index in [1.807, 2.05) is 0 Å². The quantitative estimate of drug-likeness (QED) is 0.737. The van der Waals surface area contributed by atoms with Crippen molar-refractivity contribution in [2.45, 2.75) is 25.7 Å². The Morgan fingerprint density at radius 3 is 3.06 bits per heavy atom. The van der Waals surface area contributed by atoms with Gasteiger partial charge in [0.1, 0.15) is 17.7 Å². The third kappa shape index (κ3) is 2.53. The molecule has 2 heterocycles. The van der Waals surface area contributed by atoms with Crippen LogP contribution in [0.2, 0.25) is 0 Å². The smallest absolute Gasteiger partial charge is 0.303 e. The standard InChI is InChI=1S/C10H12N4O2/c15-9(16)4-2-1-3-8-13-7-5-11-6-12-10(7)14-8/h5-6H,1-4H2,(H,15,16)(H,11,12,13,14). The van der Waals surface area contributed by atoms with Crippen molar-refractivity contribution in [3.63, 3.8) is 0 Å². The van der Waals surface area contributed by atoms with Crippen molar-refractivity contribution in [2.75, 3.05) is 0 Å². The summed E-state index contributed by atoms with van der Waals surface area (Å²) in [6, 6.07) is 0. The van der Waals surface area contributed by atoms with Gasteiger partial charge in [0.2, 0.25) is 0 Å². The number of aromatic nitrogens is 4. The lowest BCUT2D eigenvalue weighted by molar-refractivity contribution is -0.137. The number of imidazole rings is 1. The van der Waals surface area contributed by atoms with E-state index in [9.17, 15) is 4.79 Å². The van der Waals surface area contributed by atoms with Crippen LogP contribution in [0.5, 0.6) is 0 Å². The molecule has 2 N–H and O–H groups in total. The van der Waals surface area contributed by atoms with E-state index < -0.39 is 5.97 Å². The van der Waals surface area contributed by atoms with E-state index >= 15 is 0 Å². The third-order valence-electron chi connectivity index (χ3n) is 2.27. The minimum Gasteiger partial charge on any atom is -0.481 e. The van der Waals surface area contributed by atoms with Crippen LogP contribution in [0.1, 0.15) is 25.1 Å². The largest absolute Gasteiger partial charge is 0.481 e. The first kappa shape index (κ1) is 10.5. The molecule has 0 aliphatic rings. The number of H-pyrrole nitrogens is 1. The topological polar surface area (TPSA) is 91.8 Å². The summed E-state index contributed by atoms with van der Waals surface area (Å²) in [4.78, 5) is 25.6. The first-order chi connectivity index (χ1) is 7.75. The number of aliphatic carboxylic acids is 1. The van der Waals surface area contributed by atoms with Crippen LogP contribution in [-0.4, -0.2) is 31.0 Å². The van der Waals surface area contributed by atoms with Crippen molar-refractivity contribution in [1.29, 1.82) is 0 Å². The minimum atomic E-state index is -0.754. The van der Waals surface area contributed by atoms with Crippen molar-refractivity contribution in [2.24, 2.45) is 0 Å². The Kier molecular flexibility index (Phi) is 3.09. The van der Waals surface area contributed by atoms with Crippen molar-refractivity contribution >= 4 is 17.1 Å². The number of aryl methyl sites for hydroxylation is 1. The Labute approximate surface area is 91.8 Å². The molecule has 0 amide bonds. The molecule has 0 unspecified atom stereocenters. The summed E-state index contributed by atoms with van der Waals surface area (Å²) in [5, 5.41) is 8.48. The molecule has 84 valence electrons. The zero-order valence-electron chi connectivity index (χ0n) is 8.68. The molecule has 6 heteroatoms. The molecule has 6 nitrogen and oxygen atoms in total. The van der Waals surface area contributed by atoms with Gasteiger partial charge in [0.05, 0.1) is 6.20 Å². The zero-order chi connectivity index (χ0) is 11.4. The Hall–Kier alpha value is -1.98. The fourth-order valence-corrected chi connectivity index (χ4v) is 1.50. The van der Waals surface area contributed by atoms with Gasteiger partial charge in [-0.3, -0.25) is 4.79 Å². The summed E-state index contributed by atoms with van der Waals surface area (Å²) in [5.41, 5.74) is 1.47. The zero-order valence-corrected chi connectivity index (χ0v) is 8.68. The lowest BCUT2D eigenvalue weighted by Crippen LogP contribution is -1.95. The van der Waals surface area contributed by atoms with Gasteiger partial charge in [0, 0.05) is 12.8 Å². The molecule has 0 spiro atoms. The maximum absolute atomic E-state index is 10.3. The minimum absolute atomic E-state index is 0.208. The number of nitrogens with one attached hydrogen (secondary N) is 1. The maximum atomic E-state index is 10.3. The fourth-order valence-electron chi connectivity index (χ4n) is 1.50. The molecule has 2 aromatic heterocycles. The number of rotatable bonds is 5. The monoisotopic (exact) mass is 220 g/mol. The van der Waals surface area contributed by atoms with E-state index in [4.69, 9.17) is 5.11 Å². The molecule has 0 fully saturated rings. The molecule has 2 rings (SSSR count). The number of fused-ring (bicyclic) bond motifs is 1. The van der Waals surface area contributed by atoms with Crippen molar-refractivity contribution in [3.8, 4) is 0 Å². The van der Waals surface area contributed by atoms with E-state index in [1.54, 1.807) is 6.20 Å². The van der Waals surface area contributed by atoms with Crippen LogP contribution in [0.3, 0.4) is 0 Å². The average molecular weight is 220 g/mol. The second kappa shape index (κ2) is 4.69. The number of carboxylic acid groups (broad SMARTS) is 1. The highest BCUT2D eigenvalue weighted by molar-refractivity contribution is 5.68. The second-order valence-corrected chi connectivity index (χ2v) is 3.54. The number of carbonyl (C=O) groups is 1. The summed E-state index contributed by atoms with van der Waals surface area (Å²) in [6.45, 7) is 0. The molecule has 0 aliphatic heterocycles. The Morgan fingerprint density at radius 1 is 1.44 bits per heavy atom. The lowest BCUT2D eigenvalue weighted by Gasteiger charge is -1.94. The highest BCUT2D eigenvalue weighted by Gasteiger charge is 2.03. The van der Waals surface area contributed by atoms with Gasteiger partial charge < -0.3 is 10.1 Å². The van der Waals surface area contributed by atoms with Crippen molar-refractivity contribution < 1.29 is 9.90 Å². The molecule has 0 saturated heterocycles.